The molecule has 0 N–H and O–H groups in total. The van der Waals surface area contributed by atoms with Gasteiger partial charge in [0, 0.05) is 6.61 Å². The first-order valence-electron chi connectivity index (χ1n) is 4.07. The van der Waals surface area contributed by atoms with E-state index in [2.05, 4.69) is 25.8 Å². The Bertz CT molecular complexity index is 66.3. The molecule has 0 spiro atoms. The van der Waals surface area contributed by atoms with Gasteiger partial charge in [0.25, 0.3) is 0 Å². The van der Waals surface area contributed by atoms with E-state index in [-0.39, 0.29) is 0 Å². The first-order valence-corrected chi connectivity index (χ1v) is 4.07. The first kappa shape index (κ1) is 9.92. The number of unbranched alkanes of at least 4 members (excludes halogenated alkanes) is 1. The summed E-state index contributed by atoms with van der Waals surface area (Å²) in [6.45, 7) is 7.04. The van der Waals surface area contributed by atoms with Gasteiger partial charge >= 0.3 is 0 Å². The molecule has 0 aliphatic rings. The second-order valence-electron chi connectivity index (χ2n) is 2.56. The summed E-state index contributed by atoms with van der Waals surface area (Å²) in [5.41, 5.74) is 0. The summed E-state index contributed by atoms with van der Waals surface area (Å²) in [5, 5.41) is 0. The number of hydrogen-bond donors (Lipinski definition) is 0. The molecule has 2 heteroatoms. The van der Waals surface area contributed by atoms with E-state index in [1.54, 1.807) is 0 Å². The molecule has 2 nitrogen and oxygen atoms in total. The van der Waals surface area contributed by atoms with Crippen LogP contribution in [0, 0.1) is 0 Å². The van der Waals surface area contributed by atoms with Crippen molar-refractivity contribution in [1.82, 2.24) is 4.90 Å². The average molecular weight is 145 g/mol. The van der Waals surface area contributed by atoms with Gasteiger partial charge in [-0.05, 0) is 20.0 Å². The fourth-order valence-corrected chi connectivity index (χ4v) is 0.558. The zero-order chi connectivity index (χ0) is 7.82. The van der Waals surface area contributed by atoms with Gasteiger partial charge in [-0.2, -0.15) is 0 Å². The van der Waals surface area contributed by atoms with Crippen molar-refractivity contribution in [1.29, 1.82) is 0 Å². The van der Waals surface area contributed by atoms with Crippen molar-refractivity contribution >= 4 is 0 Å². The van der Waals surface area contributed by atoms with Crippen LogP contribution in [-0.2, 0) is 4.74 Å². The minimum atomic E-state index is 0.774. The molecule has 0 fully saturated rings. The molecule has 0 heterocycles. The van der Waals surface area contributed by atoms with Gasteiger partial charge in [0.15, 0.2) is 0 Å². The molecule has 0 bridgehead atoms. The molecule has 10 heavy (non-hydrogen) atoms. The Morgan fingerprint density at radius 2 is 2.00 bits per heavy atom. The maximum Gasteiger partial charge on any atom is 0.0987 e. The molecule has 0 saturated heterocycles. The summed E-state index contributed by atoms with van der Waals surface area (Å²) >= 11 is 0. The van der Waals surface area contributed by atoms with Crippen LogP contribution >= 0.6 is 0 Å². The summed E-state index contributed by atoms with van der Waals surface area (Å²) in [6, 6.07) is 0. The number of ether oxygens (including phenoxy) is 1. The molecule has 0 aromatic rings. The third kappa shape index (κ3) is 6.05. The molecule has 0 rings (SSSR count). The lowest BCUT2D eigenvalue weighted by atomic mass is 10.4. The average Bonchev–Trinajstić information content (AvgIpc) is 1.98. The van der Waals surface area contributed by atoms with Gasteiger partial charge in [0.1, 0.15) is 0 Å². The molecule has 62 valence electrons. The molecule has 0 aromatic carbocycles. The zero-order valence-electron chi connectivity index (χ0n) is 7.39. The van der Waals surface area contributed by atoms with Crippen LogP contribution in [0.4, 0.5) is 0 Å². The van der Waals surface area contributed by atoms with Crippen LogP contribution in [0.2, 0.25) is 0 Å². The van der Waals surface area contributed by atoms with Gasteiger partial charge in [0.2, 0.25) is 0 Å². The Kier molecular flexibility index (Phi) is 6.98. The maximum absolute atomic E-state index is 5.35. The highest BCUT2D eigenvalue weighted by Crippen LogP contribution is 1.89. The zero-order valence-corrected chi connectivity index (χ0v) is 7.39. The van der Waals surface area contributed by atoms with Crippen LogP contribution in [0.25, 0.3) is 0 Å². The van der Waals surface area contributed by atoms with Crippen molar-refractivity contribution in [3.8, 4) is 0 Å². The van der Waals surface area contributed by atoms with Gasteiger partial charge in [-0.25, -0.2) is 0 Å². The molecule has 0 aliphatic heterocycles. The molecule has 0 aromatic heterocycles. The summed E-state index contributed by atoms with van der Waals surface area (Å²) in [7, 11) is 2.06. The fourth-order valence-electron chi connectivity index (χ4n) is 0.558. The van der Waals surface area contributed by atoms with E-state index >= 15 is 0 Å². The second-order valence-corrected chi connectivity index (χ2v) is 2.56. The Hall–Kier alpha value is -0.0800. The molecule has 0 amide bonds. The normalized spacial score (nSPS) is 10.8. The quantitative estimate of drug-likeness (QED) is 0.417. The van der Waals surface area contributed by atoms with Crippen molar-refractivity contribution in [2.75, 3.05) is 26.9 Å². The summed E-state index contributed by atoms with van der Waals surface area (Å²) in [6.07, 6.45) is 2.40. The monoisotopic (exact) mass is 145 g/mol. The van der Waals surface area contributed by atoms with Crippen LogP contribution in [0.15, 0.2) is 0 Å². The van der Waals surface area contributed by atoms with Gasteiger partial charge in [0.05, 0.1) is 6.73 Å². The maximum atomic E-state index is 5.35. The van der Waals surface area contributed by atoms with E-state index in [1.807, 2.05) is 0 Å². The summed E-state index contributed by atoms with van der Waals surface area (Å²) < 4.78 is 5.35. The molecule has 0 saturated carbocycles. The molecule has 0 unspecified atom stereocenters. The molecular formula is C8H19NO. The van der Waals surface area contributed by atoms with Gasteiger partial charge in [-0.1, -0.05) is 20.3 Å². The topological polar surface area (TPSA) is 12.5 Å². The highest BCUT2D eigenvalue weighted by Gasteiger charge is 1.91. The Morgan fingerprint density at radius 3 is 2.50 bits per heavy atom. The lowest BCUT2D eigenvalue weighted by Gasteiger charge is -2.13. The minimum absolute atomic E-state index is 0.774. The predicted molar refractivity (Wildman–Crippen MR) is 44.0 cm³/mol. The SMILES string of the molecule is CCCCOCN(C)CC. The van der Waals surface area contributed by atoms with Crippen molar-refractivity contribution in [3.63, 3.8) is 0 Å². The lowest BCUT2D eigenvalue weighted by molar-refractivity contribution is 0.0442. The lowest BCUT2D eigenvalue weighted by Crippen LogP contribution is -2.21. The molecular weight excluding hydrogens is 126 g/mol. The van der Waals surface area contributed by atoms with E-state index in [1.165, 1.54) is 12.8 Å². The second kappa shape index (κ2) is 7.03. The van der Waals surface area contributed by atoms with Crippen LogP contribution in [0.5, 0.6) is 0 Å². The Labute approximate surface area is 64.2 Å². The fraction of sp³-hybridized carbons (Fsp3) is 1.00. The highest BCUT2D eigenvalue weighted by molar-refractivity contribution is 4.36. The number of nitrogens with zero attached hydrogens (tertiary/aromatic N) is 1. The van der Waals surface area contributed by atoms with Crippen molar-refractivity contribution in [2.45, 2.75) is 26.7 Å². The third-order valence-electron chi connectivity index (χ3n) is 1.49. The highest BCUT2D eigenvalue weighted by atomic mass is 16.5. The number of rotatable bonds is 6. The van der Waals surface area contributed by atoms with Crippen LogP contribution in [0.3, 0.4) is 0 Å². The standard InChI is InChI=1S/C8H19NO/c1-4-6-7-10-8-9(3)5-2/h4-8H2,1-3H3. The van der Waals surface area contributed by atoms with E-state index in [4.69, 9.17) is 4.74 Å². The van der Waals surface area contributed by atoms with Gasteiger partial charge in [-0.3, -0.25) is 4.90 Å². The first-order chi connectivity index (χ1) is 4.81. The molecule has 0 atom stereocenters. The third-order valence-corrected chi connectivity index (χ3v) is 1.49. The van der Waals surface area contributed by atoms with Crippen LogP contribution < -0.4 is 0 Å². The largest absolute Gasteiger partial charge is 0.366 e. The number of hydrogen-bond acceptors (Lipinski definition) is 2. The summed E-state index contributed by atoms with van der Waals surface area (Å²) in [5.74, 6) is 0. The predicted octanol–water partition coefficient (Wildman–Crippen LogP) is 1.71. The van der Waals surface area contributed by atoms with E-state index in [0.29, 0.717) is 0 Å². The van der Waals surface area contributed by atoms with E-state index in [0.717, 1.165) is 19.9 Å². The van der Waals surface area contributed by atoms with Crippen molar-refractivity contribution in [3.05, 3.63) is 0 Å². The molecule has 0 radical (unpaired) electrons. The van der Waals surface area contributed by atoms with Crippen LogP contribution in [-0.4, -0.2) is 31.8 Å². The van der Waals surface area contributed by atoms with Crippen molar-refractivity contribution in [2.24, 2.45) is 0 Å². The van der Waals surface area contributed by atoms with E-state index in [9.17, 15) is 0 Å². The smallest absolute Gasteiger partial charge is 0.0987 e. The van der Waals surface area contributed by atoms with Gasteiger partial charge < -0.3 is 4.74 Å². The minimum Gasteiger partial charge on any atom is -0.366 e. The van der Waals surface area contributed by atoms with Crippen molar-refractivity contribution < 1.29 is 4.74 Å². The van der Waals surface area contributed by atoms with Gasteiger partial charge in [-0.15, -0.1) is 0 Å². The summed E-state index contributed by atoms with van der Waals surface area (Å²) in [4.78, 5) is 2.15. The Balaban J connectivity index is 2.89. The van der Waals surface area contributed by atoms with E-state index < -0.39 is 0 Å². The van der Waals surface area contributed by atoms with Crippen LogP contribution in [0.1, 0.15) is 26.7 Å². The Morgan fingerprint density at radius 1 is 1.30 bits per heavy atom. The molecule has 0 aliphatic carbocycles.